The maximum Gasteiger partial charge on any atom is 0.417 e. The third kappa shape index (κ3) is 3.76. The molecule has 0 spiro atoms. The molecule has 0 unspecified atom stereocenters. The summed E-state index contributed by atoms with van der Waals surface area (Å²) in [5, 5.41) is 11.5. The predicted octanol–water partition coefficient (Wildman–Crippen LogP) is 3.72. The molecular weight excluding hydrogens is 315 g/mol. The zero-order valence-electron chi connectivity index (χ0n) is 9.01. The summed E-state index contributed by atoms with van der Waals surface area (Å²) in [4.78, 5) is 10.8. The Labute approximate surface area is 109 Å². The number of nitrogens with one attached hydrogen (secondary N) is 1. The van der Waals surface area contributed by atoms with Gasteiger partial charge in [0.15, 0.2) is 0 Å². The zero-order valence-corrected chi connectivity index (χ0v) is 10.6. The van der Waals surface area contributed by atoms with Crippen LogP contribution in [0, 0.1) is 0 Å². The second kappa shape index (κ2) is 5.43. The minimum absolute atomic E-state index is 0.279. The van der Waals surface area contributed by atoms with Gasteiger partial charge in [-0.2, -0.15) is 13.2 Å². The third-order valence-electron chi connectivity index (χ3n) is 2.04. The van der Waals surface area contributed by atoms with Crippen molar-refractivity contribution in [2.75, 3.05) is 11.9 Å². The monoisotopic (exact) mass is 323 g/mol. The number of carboxylic acid groups (broad SMARTS) is 1. The highest BCUT2D eigenvalue weighted by Gasteiger charge is 2.35. The van der Waals surface area contributed by atoms with Crippen LogP contribution in [0.1, 0.15) is 15.9 Å². The van der Waals surface area contributed by atoms with E-state index >= 15 is 0 Å². The van der Waals surface area contributed by atoms with Crippen molar-refractivity contribution in [3.63, 3.8) is 0 Å². The third-order valence-corrected chi connectivity index (χ3v) is 2.32. The maximum absolute atomic E-state index is 12.5. The number of halogens is 4. The van der Waals surface area contributed by atoms with Crippen LogP contribution in [0.15, 0.2) is 29.3 Å². The van der Waals surface area contributed by atoms with Crippen LogP contribution >= 0.6 is 15.9 Å². The summed E-state index contributed by atoms with van der Waals surface area (Å²) in [5.74, 6) is -1.62. The number of carboxylic acids is 1. The van der Waals surface area contributed by atoms with Crippen LogP contribution in [0.2, 0.25) is 0 Å². The van der Waals surface area contributed by atoms with E-state index in [1.54, 1.807) is 0 Å². The van der Waals surface area contributed by atoms with Crippen molar-refractivity contribution in [3.8, 4) is 0 Å². The number of carbonyl (C=O) groups is 1. The van der Waals surface area contributed by atoms with E-state index in [0.29, 0.717) is 4.48 Å². The van der Waals surface area contributed by atoms with Crippen molar-refractivity contribution < 1.29 is 23.1 Å². The summed E-state index contributed by atoms with van der Waals surface area (Å²) in [6.07, 6.45) is -4.69. The summed E-state index contributed by atoms with van der Waals surface area (Å²) >= 11 is 3.07. The van der Waals surface area contributed by atoms with E-state index in [1.165, 1.54) is 6.07 Å². The van der Waals surface area contributed by atoms with Crippen LogP contribution in [0.4, 0.5) is 18.9 Å². The molecule has 1 aromatic rings. The van der Waals surface area contributed by atoms with Crippen molar-refractivity contribution in [2.45, 2.75) is 6.18 Å². The quantitative estimate of drug-likeness (QED) is 0.887. The second-order valence-electron chi connectivity index (χ2n) is 3.43. The molecule has 1 aromatic carbocycles. The number of alkyl halides is 3. The van der Waals surface area contributed by atoms with Gasteiger partial charge >= 0.3 is 12.1 Å². The Morgan fingerprint density at radius 3 is 2.50 bits per heavy atom. The molecule has 0 aromatic heterocycles. The maximum atomic E-state index is 12.5. The van der Waals surface area contributed by atoms with E-state index in [4.69, 9.17) is 5.11 Å². The average molecular weight is 324 g/mol. The van der Waals surface area contributed by atoms with Gasteiger partial charge in [0, 0.05) is 16.7 Å². The topological polar surface area (TPSA) is 49.3 Å². The lowest BCUT2D eigenvalue weighted by molar-refractivity contribution is -0.138. The molecule has 3 nitrogen and oxygen atoms in total. The summed E-state index contributed by atoms with van der Waals surface area (Å²) < 4.78 is 38.2. The van der Waals surface area contributed by atoms with Gasteiger partial charge in [0.25, 0.3) is 0 Å². The van der Waals surface area contributed by atoms with Crippen LogP contribution in [0.5, 0.6) is 0 Å². The highest BCUT2D eigenvalue weighted by molar-refractivity contribution is 9.11. The van der Waals surface area contributed by atoms with Gasteiger partial charge in [-0.05, 0) is 18.2 Å². The summed E-state index contributed by atoms with van der Waals surface area (Å²) in [6, 6.07) is 2.86. The van der Waals surface area contributed by atoms with Crippen molar-refractivity contribution >= 4 is 27.6 Å². The molecule has 18 heavy (non-hydrogen) atoms. The Kier molecular flexibility index (Phi) is 4.39. The largest absolute Gasteiger partial charge is 0.478 e. The van der Waals surface area contributed by atoms with Crippen molar-refractivity contribution in [3.05, 3.63) is 40.4 Å². The van der Waals surface area contributed by atoms with E-state index in [-0.39, 0.29) is 12.2 Å². The smallest absolute Gasteiger partial charge is 0.417 e. The average Bonchev–Trinajstić information content (AvgIpc) is 2.24. The molecule has 0 fully saturated rings. The first-order valence-corrected chi connectivity index (χ1v) is 5.53. The molecule has 2 N–H and O–H groups in total. The highest BCUT2D eigenvalue weighted by Crippen LogP contribution is 2.33. The van der Waals surface area contributed by atoms with Crippen LogP contribution in [0.3, 0.4) is 0 Å². The van der Waals surface area contributed by atoms with E-state index in [0.717, 1.165) is 12.1 Å². The van der Waals surface area contributed by atoms with Gasteiger partial charge in [-0.3, -0.25) is 0 Å². The van der Waals surface area contributed by atoms with Gasteiger partial charge in [0.05, 0.1) is 11.1 Å². The minimum atomic E-state index is -4.69. The van der Waals surface area contributed by atoms with Crippen molar-refractivity contribution in [1.29, 1.82) is 0 Å². The Balaban J connectivity index is 3.12. The molecule has 1 rings (SSSR count). The molecular formula is C11H9BrF3NO2. The van der Waals surface area contributed by atoms with E-state index in [1.807, 2.05) is 0 Å². The molecule has 0 aliphatic rings. The lowest BCUT2D eigenvalue weighted by Gasteiger charge is -2.12. The lowest BCUT2D eigenvalue weighted by atomic mass is 10.1. The van der Waals surface area contributed by atoms with Crippen molar-refractivity contribution in [2.24, 2.45) is 0 Å². The van der Waals surface area contributed by atoms with Gasteiger partial charge in [0.2, 0.25) is 0 Å². The molecule has 0 aliphatic carbocycles. The summed E-state index contributed by atoms with van der Waals surface area (Å²) in [6.45, 7) is 3.82. The van der Waals surface area contributed by atoms with Crippen LogP contribution < -0.4 is 5.32 Å². The Bertz CT molecular complexity index is 486. The number of hydrogen-bond donors (Lipinski definition) is 2. The van der Waals surface area contributed by atoms with Gasteiger partial charge in [0.1, 0.15) is 0 Å². The second-order valence-corrected chi connectivity index (χ2v) is 4.56. The Hall–Kier alpha value is -1.50. The Morgan fingerprint density at radius 2 is 2.06 bits per heavy atom. The fourth-order valence-electron chi connectivity index (χ4n) is 1.28. The molecule has 0 saturated carbocycles. The molecule has 0 bridgehead atoms. The van der Waals surface area contributed by atoms with E-state index < -0.39 is 23.3 Å². The van der Waals surface area contributed by atoms with Crippen LogP contribution in [-0.2, 0) is 6.18 Å². The Morgan fingerprint density at radius 1 is 1.44 bits per heavy atom. The van der Waals surface area contributed by atoms with E-state index in [9.17, 15) is 18.0 Å². The van der Waals surface area contributed by atoms with Crippen molar-refractivity contribution in [1.82, 2.24) is 0 Å². The first-order valence-electron chi connectivity index (χ1n) is 4.73. The molecule has 0 aliphatic heterocycles. The van der Waals surface area contributed by atoms with E-state index in [2.05, 4.69) is 27.8 Å². The molecule has 0 saturated heterocycles. The first-order chi connectivity index (χ1) is 8.21. The normalized spacial score (nSPS) is 11.1. The van der Waals surface area contributed by atoms with Crippen LogP contribution in [0.25, 0.3) is 0 Å². The standard InChI is InChI=1S/C11H9BrF3NO2/c1-6(12)5-16-7-2-3-9(11(13,14)15)8(4-7)10(17)18/h2-4,16H,1,5H2,(H,17,18). The fourth-order valence-corrected chi connectivity index (χ4v) is 1.42. The molecule has 0 radical (unpaired) electrons. The number of hydrogen-bond acceptors (Lipinski definition) is 2. The number of aromatic carboxylic acids is 1. The number of rotatable bonds is 4. The van der Waals surface area contributed by atoms with Crippen LogP contribution in [-0.4, -0.2) is 17.6 Å². The van der Waals surface area contributed by atoms with Gasteiger partial charge < -0.3 is 10.4 Å². The molecule has 0 heterocycles. The molecule has 98 valence electrons. The molecule has 7 heteroatoms. The highest BCUT2D eigenvalue weighted by atomic mass is 79.9. The molecule has 0 atom stereocenters. The predicted molar refractivity (Wildman–Crippen MR) is 65.0 cm³/mol. The molecule has 0 amide bonds. The SMILES string of the molecule is C=C(Br)CNc1ccc(C(F)(F)F)c(C(=O)O)c1. The lowest BCUT2D eigenvalue weighted by Crippen LogP contribution is -2.13. The van der Waals surface area contributed by atoms with Gasteiger partial charge in [-0.15, -0.1) is 0 Å². The minimum Gasteiger partial charge on any atom is -0.478 e. The van der Waals surface area contributed by atoms with Gasteiger partial charge in [-0.1, -0.05) is 22.5 Å². The first kappa shape index (κ1) is 14.6. The van der Waals surface area contributed by atoms with Gasteiger partial charge in [-0.25, -0.2) is 4.79 Å². The summed E-state index contributed by atoms with van der Waals surface area (Å²) in [5.41, 5.74) is -1.67. The number of anilines is 1. The zero-order chi connectivity index (χ0) is 13.9. The fraction of sp³-hybridized carbons (Fsp3) is 0.182. The number of benzene rings is 1. The summed E-state index contributed by atoms with van der Waals surface area (Å²) in [7, 11) is 0.